The summed E-state index contributed by atoms with van der Waals surface area (Å²) >= 11 is 0. The number of ether oxygens (including phenoxy) is 3. The van der Waals surface area contributed by atoms with Crippen molar-refractivity contribution in [3.8, 4) is 0 Å². The van der Waals surface area contributed by atoms with Crippen molar-refractivity contribution < 1.29 is 28.6 Å². The lowest BCUT2D eigenvalue weighted by Crippen LogP contribution is -2.30. The van der Waals surface area contributed by atoms with Crippen LogP contribution in [0.4, 0.5) is 0 Å². The third kappa shape index (κ3) is 56.6. The first-order valence-corrected chi connectivity index (χ1v) is 29.0. The van der Waals surface area contributed by atoms with Crippen molar-refractivity contribution in [1.29, 1.82) is 0 Å². The fraction of sp³-hybridized carbons (Fsp3) is 0.646. The Labute approximate surface area is 437 Å². The van der Waals surface area contributed by atoms with Crippen molar-refractivity contribution in [2.24, 2.45) is 0 Å². The van der Waals surface area contributed by atoms with E-state index in [1.807, 2.05) is 0 Å². The summed E-state index contributed by atoms with van der Waals surface area (Å²) in [4.78, 5) is 38.2. The molecule has 402 valence electrons. The smallest absolute Gasteiger partial charge is 0.306 e. The van der Waals surface area contributed by atoms with Gasteiger partial charge < -0.3 is 14.2 Å². The lowest BCUT2D eigenvalue weighted by atomic mass is 10.1. The Morgan fingerprint density at radius 1 is 0.296 bits per heavy atom. The Hall–Kier alpha value is -4.19. The second-order valence-electron chi connectivity index (χ2n) is 18.8. The molecule has 1 unspecified atom stereocenters. The largest absolute Gasteiger partial charge is 0.462 e. The van der Waals surface area contributed by atoms with Crippen LogP contribution in [-0.4, -0.2) is 37.2 Å². The molecule has 0 N–H and O–H groups in total. The predicted molar refractivity (Wildman–Crippen MR) is 306 cm³/mol. The average molecular weight is 984 g/mol. The predicted octanol–water partition coefficient (Wildman–Crippen LogP) is 19.6. The molecule has 0 aromatic carbocycles. The van der Waals surface area contributed by atoms with E-state index in [2.05, 4.69) is 142 Å². The number of allylic oxidation sites excluding steroid dienone is 20. The van der Waals surface area contributed by atoms with E-state index in [1.54, 1.807) is 0 Å². The minimum Gasteiger partial charge on any atom is -0.462 e. The lowest BCUT2D eigenvalue weighted by Gasteiger charge is -2.18. The minimum absolute atomic E-state index is 0.0999. The Balaban J connectivity index is 4.46. The Morgan fingerprint density at radius 3 is 0.859 bits per heavy atom. The molecule has 0 rings (SSSR count). The molecule has 0 amide bonds. The van der Waals surface area contributed by atoms with Gasteiger partial charge in [-0.1, -0.05) is 226 Å². The first kappa shape index (κ1) is 66.8. The summed E-state index contributed by atoms with van der Waals surface area (Å²) < 4.78 is 16.8. The Kier molecular flexibility index (Phi) is 54.9. The molecule has 71 heavy (non-hydrogen) atoms. The summed E-state index contributed by atoms with van der Waals surface area (Å²) in [5, 5.41) is 0. The highest BCUT2D eigenvalue weighted by atomic mass is 16.6. The van der Waals surface area contributed by atoms with Crippen LogP contribution in [0.2, 0.25) is 0 Å². The van der Waals surface area contributed by atoms with Crippen LogP contribution < -0.4 is 0 Å². The van der Waals surface area contributed by atoms with E-state index in [4.69, 9.17) is 14.2 Å². The number of hydrogen-bond donors (Lipinski definition) is 0. The molecular weight excluding hydrogens is 877 g/mol. The van der Waals surface area contributed by atoms with Gasteiger partial charge in [0.1, 0.15) is 13.2 Å². The van der Waals surface area contributed by atoms with Crippen molar-refractivity contribution in [3.05, 3.63) is 122 Å². The summed E-state index contributed by atoms with van der Waals surface area (Å²) in [6, 6.07) is 0. The van der Waals surface area contributed by atoms with Crippen molar-refractivity contribution in [2.45, 2.75) is 258 Å². The molecule has 0 bridgehead atoms. The summed E-state index contributed by atoms with van der Waals surface area (Å²) in [6.07, 6.45) is 80.4. The van der Waals surface area contributed by atoms with E-state index in [-0.39, 0.29) is 31.1 Å². The minimum atomic E-state index is -0.805. The van der Waals surface area contributed by atoms with Crippen LogP contribution in [0, 0.1) is 0 Å². The van der Waals surface area contributed by atoms with E-state index in [0.717, 1.165) is 154 Å². The third-order valence-electron chi connectivity index (χ3n) is 11.9. The first-order chi connectivity index (χ1) is 35.0. The van der Waals surface area contributed by atoms with E-state index >= 15 is 0 Å². The summed E-state index contributed by atoms with van der Waals surface area (Å²) in [5.41, 5.74) is 0. The highest BCUT2D eigenvalue weighted by Crippen LogP contribution is 2.14. The maximum absolute atomic E-state index is 12.9. The Morgan fingerprint density at radius 2 is 0.549 bits per heavy atom. The van der Waals surface area contributed by atoms with Crippen molar-refractivity contribution in [3.63, 3.8) is 0 Å². The summed E-state index contributed by atoms with van der Waals surface area (Å²) in [5.74, 6) is -0.946. The zero-order valence-corrected chi connectivity index (χ0v) is 45.9. The molecule has 0 aliphatic rings. The molecule has 0 heterocycles. The molecule has 0 aromatic rings. The van der Waals surface area contributed by atoms with Gasteiger partial charge in [0, 0.05) is 19.3 Å². The molecule has 0 aromatic heterocycles. The molecule has 6 nitrogen and oxygen atoms in total. The first-order valence-electron chi connectivity index (χ1n) is 29.0. The number of hydrogen-bond acceptors (Lipinski definition) is 6. The van der Waals surface area contributed by atoms with Gasteiger partial charge in [-0.05, 0) is 128 Å². The molecule has 6 heteroatoms. The summed E-state index contributed by atoms with van der Waals surface area (Å²) in [6.45, 7) is 6.35. The van der Waals surface area contributed by atoms with E-state index < -0.39 is 6.10 Å². The Bertz CT molecular complexity index is 1500. The maximum Gasteiger partial charge on any atom is 0.306 e. The molecule has 1 atom stereocenters. The zero-order valence-electron chi connectivity index (χ0n) is 45.9. The van der Waals surface area contributed by atoms with E-state index in [0.29, 0.717) is 19.3 Å². The number of rotatable bonds is 51. The van der Waals surface area contributed by atoms with Crippen LogP contribution in [0.5, 0.6) is 0 Å². The normalized spacial score (nSPS) is 13.0. The molecule has 0 saturated carbocycles. The molecule has 0 aliphatic heterocycles. The van der Waals surface area contributed by atoms with Crippen LogP contribution in [0.3, 0.4) is 0 Å². The topological polar surface area (TPSA) is 78.9 Å². The zero-order chi connectivity index (χ0) is 51.4. The summed E-state index contributed by atoms with van der Waals surface area (Å²) in [7, 11) is 0. The highest BCUT2D eigenvalue weighted by Gasteiger charge is 2.19. The van der Waals surface area contributed by atoms with Gasteiger partial charge >= 0.3 is 17.9 Å². The number of esters is 3. The average Bonchev–Trinajstić information content (AvgIpc) is 3.37. The van der Waals surface area contributed by atoms with Crippen LogP contribution >= 0.6 is 0 Å². The van der Waals surface area contributed by atoms with E-state index in [9.17, 15) is 14.4 Å². The lowest BCUT2D eigenvalue weighted by molar-refractivity contribution is -0.167. The van der Waals surface area contributed by atoms with Crippen molar-refractivity contribution in [1.82, 2.24) is 0 Å². The van der Waals surface area contributed by atoms with Gasteiger partial charge in [-0.15, -0.1) is 0 Å². The molecule has 0 aliphatic carbocycles. The maximum atomic E-state index is 12.9. The quantitative estimate of drug-likeness (QED) is 0.0261. The number of carbonyl (C=O) groups is 3. The SMILES string of the molecule is CC/C=C\C/C=C\C/C=C\C/C=C\CCCCCCCCCCC(=O)OCC(COC(=O)CCCCCCC/C=C\C/C=C\CCCCC)OC(=O)CCCCCC/C=C\C/C=C\C/C=C\C/C=C\CC. The van der Waals surface area contributed by atoms with Gasteiger partial charge in [0.2, 0.25) is 0 Å². The number of carbonyl (C=O) groups excluding carboxylic acids is 3. The van der Waals surface area contributed by atoms with E-state index in [1.165, 1.54) is 57.8 Å². The molecular formula is C65H106O6. The van der Waals surface area contributed by atoms with Gasteiger partial charge in [-0.25, -0.2) is 0 Å². The molecule has 0 spiro atoms. The van der Waals surface area contributed by atoms with Gasteiger partial charge in [0.25, 0.3) is 0 Å². The van der Waals surface area contributed by atoms with Crippen LogP contribution in [0.15, 0.2) is 122 Å². The molecule has 0 fully saturated rings. The third-order valence-corrected chi connectivity index (χ3v) is 11.9. The van der Waals surface area contributed by atoms with Crippen LogP contribution in [-0.2, 0) is 28.6 Å². The highest BCUT2D eigenvalue weighted by molar-refractivity contribution is 5.71. The van der Waals surface area contributed by atoms with Gasteiger partial charge in [0.05, 0.1) is 0 Å². The van der Waals surface area contributed by atoms with Crippen molar-refractivity contribution in [2.75, 3.05) is 13.2 Å². The second-order valence-corrected chi connectivity index (χ2v) is 18.8. The monoisotopic (exact) mass is 983 g/mol. The van der Waals surface area contributed by atoms with Gasteiger partial charge in [-0.3, -0.25) is 14.4 Å². The van der Waals surface area contributed by atoms with Crippen LogP contribution in [0.25, 0.3) is 0 Å². The van der Waals surface area contributed by atoms with Crippen LogP contribution in [0.1, 0.15) is 252 Å². The fourth-order valence-corrected chi connectivity index (χ4v) is 7.63. The molecule has 0 saturated heterocycles. The van der Waals surface area contributed by atoms with Crippen molar-refractivity contribution >= 4 is 17.9 Å². The standard InChI is InChI=1S/C65H106O6/c1-4-7-10-13-16-19-22-25-28-30-31-32-33-35-37-40-43-46-49-52-55-58-64(67)70-61-62(60-69-63(66)57-54-51-48-45-42-39-36-27-24-21-18-15-12-9-6-3)71-65(68)59-56-53-50-47-44-41-38-34-29-26-23-20-17-14-11-8-5-2/h7-8,10-11,16-21,25-29,31-32,36,38,41,62H,4-6,9,12-15,22-24,30,33-35,37,39-40,42-61H2,1-3H3/b10-7-,11-8-,19-16-,20-17-,21-18-,28-25-,29-26-,32-31-,36-27-,41-38-. The fourth-order valence-electron chi connectivity index (χ4n) is 7.63. The van der Waals surface area contributed by atoms with Gasteiger partial charge in [0.15, 0.2) is 6.10 Å². The molecule has 0 radical (unpaired) electrons. The second kappa shape index (κ2) is 58.4. The number of unbranched alkanes of at least 4 members (excludes halogenated alkanes) is 20. The van der Waals surface area contributed by atoms with Gasteiger partial charge in [-0.2, -0.15) is 0 Å².